The first-order chi connectivity index (χ1) is 10.2. The molecule has 12 heteroatoms. The fourth-order valence-electron chi connectivity index (χ4n) is 1.93. The van der Waals surface area contributed by atoms with Crippen molar-refractivity contribution in [2.75, 3.05) is 6.61 Å². The van der Waals surface area contributed by atoms with Crippen molar-refractivity contribution in [2.24, 2.45) is 0 Å². The highest BCUT2D eigenvalue weighted by molar-refractivity contribution is 8.78. The van der Waals surface area contributed by atoms with Crippen molar-refractivity contribution in [3.05, 3.63) is 33.1 Å². The van der Waals surface area contributed by atoms with Crippen molar-refractivity contribution in [3.63, 3.8) is 0 Å². The molecule has 0 radical (unpaired) electrons. The number of halogens is 3. The average Bonchev–Trinajstić information content (AvgIpc) is 2.72. The minimum absolute atomic E-state index is 0.439. The molecule has 0 aliphatic carbocycles. The van der Waals surface area contributed by atoms with Crippen LogP contribution in [0.4, 0.5) is 0 Å². The number of hydrogen-bond donors (Lipinski definition) is 3. The van der Waals surface area contributed by atoms with Gasteiger partial charge in [0.2, 0.25) is 3.12 Å². The van der Waals surface area contributed by atoms with Crippen LogP contribution in [0.25, 0.3) is 0 Å². The Morgan fingerprint density at radius 2 is 2.09 bits per heavy atom. The molecule has 124 valence electrons. The van der Waals surface area contributed by atoms with Gasteiger partial charge in [-0.1, -0.05) is 45.6 Å². The van der Waals surface area contributed by atoms with E-state index in [1.165, 1.54) is 6.20 Å². The first kappa shape index (κ1) is 18.5. The Kier molecular flexibility index (Phi) is 6.17. The standard InChI is InChI=1S/C10H11Cl3N2O5S2/c11-10(12,13)22-21-7-6(18)4(3-16)20-8(7)15-2-1-5(17)14-9(15)19/h1-2,4,6-8,16,18H,3H2,(H,14,17,19)/t4-,6+,7?,8-/m1/s1. The summed E-state index contributed by atoms with van der Waals surface area (Å²) in [6, 6.07) is 1.15. The molecule has 0 amide bonds. The summed E-state index contributed by atoms with van der Waals surface area (Å²) in [6.45, 7) is -0.439. The van der Waals surface area contributed by atoms with Crippen molar-refractivity contribution in [2.45, 2.75) is 26.8 Å². The molecule has 2 rings (SSSR count). The molecule has 1 aliphatic heterocycles. The second kappa shape index (κ2) is 7.35. The normalized spacial score (nSPS) is 29.0. The topological polar surface area (TPSA) is 105 Å². The summed E-state index contributed by atoms with van der Waals surface area (Å²) < 4.78 is 4.97. The van der Waals surface area contributed by atoms with Crippen LogP contribution >= 0.6 is 56.4 Å². The summed E-state index contributed by atoms with van der Waals surface area (Å²) in [5.74, 6) is 0. The molecule has 2 heterocycles. The van der Waals surface area contributed by atoms with Crippen molar-refractivity contribution >= 4 is 56.4 Å². The number of rotatable bonds is 4. The van der Waals surface area contributed by atoms with Gasteiger partial charge in [-0.05, 0) is 10.8 Å². The maximum atomic E-state index is 11.9. The zero-order valence-corrected chi connectivity index (χ0v) is 14.6. The number of aromatic nitrogens is 2. The Hall–Kier alpha value is 0.130. The van der Waals surface area contributed by atoms with Gasteiger partial charge < -0.3 is 14.9 Å². The molecule has 1 saturated heterocycles. The predicted octanol–water partition coefficient (Wildman–Crippen LogP) is 0.865. The molecule has 0 aromatic carbocycles. The van der Waals surface area contributed by atoms with Gasteiger partial charge >= 0.3 is 5.69 Å². The third-order valence-corrected chi connectivity index (χ3v) is 7.11. The Balaban J connectivity index is 2.29. The second-order valence-electron chi connectivity index (χ2n) is 4.35. The van der Waals surface area contributed by atoms with Crippen LogP contribution in [-0.4, -0.2) is 47.0 Å². The van der Waals surface area contributed by atoms with E-state index in [2.05, 4.69) is 4.98 Å². The molecule has 1 unspecified atom stereocenters. The van der Waals surface area contributed by atoms with Crippen LogP contribution in [0.2, 0.25) is 0 Å². The number of aromatic amines is 1. The maximum absolute atomic E-state index is 11.9. The SMILES string of the molecule is O=c1ccn([C@@H]2O[C@H](CO)[C@H](O)C2SSC(Cl)(Cl)Cl)c(=O)[nH]1. The summed E-state index contributed by atoms with van der Waals surface area (Å²) >= 11 is 17.0. The van der Waals surface area contributed by atoms with Gasteiger partial charge in [0.1, 0.15) is 6.10 Å². The van der Waals surface area contributed by atoms with E-state index in [0.717, 1.165) is 32.2 Å². The van der Waals surface area contributed by atoms with Crippen molar-refractivity contribution in [1.82, 2.24) is 9.55 Å². The van der Waals surface area contributed by atoms with E-state index >= 15 is 0 Å². The van der Waals surface area contributed by atoms with E-state index in [0.29, 0.717) is 0 Å². The third kappa shape index (κ3) is 4.35. The largest absolute Gasteiger partial charge is 0.394 e. The van der Waals surface area contributed by atoms with Crippen molar-refractivity contribution < 1.29 is 14.9 Å². The van der Waals surface area contributed by atoms with Crippen LogP contribution < -0.4 is 11.2 Å². The molecule has 7 nitrogen and oxygen atoms in total. The van der Waals surface area contributed by atoms with Gasteiger partial charge in [0.05, 0.1) is 18.0 Å². The van der Waals surface area contributed by atoms with Crippen LogP contribution in [-0.2, 0) is 4.74 Å². The van der Waals surface area contributed by atoms with Crippen LogP contribution in [0.1, 0.15) is 6.23 Å². The number of hydrogen-bond acceptors (Lipinski definition) is 7. The summed E-state index contributed by atoms with van der Waals surface area (Å²) in [5.41, 5.74) is -1.26. The molecule has 3 N–H and O–H groups in total. The number of H-pyrrole nitrogens is 1. The Morgan fingerprint density at radius 1 is 1.41 bits per heavy atom. The van der Waals surface area contributed by atoms with E-state index in [1.54, 1.807) is 0 Å². The van der Waals surface area contributed by atoms with Gasteiger partial charge in [-0.3, -0.25) is 14.3 Å². The van der Waals surface area contributed by atoms with Crippen LogP contribution in [0.3, 0.4) is 0 Å². The molecule has 22 heavy (non-hydrogen) atoms. The molecule has 4 atom stereocenters. The minimum Gasteiger partial charge on any atom is -0.394 e. The lowest BCUT2D eigenvalue weighted by Crippen LogP contribution is -2.36. The predicted molar refractivity (Wildman–Crippen MR) is 87.6 cm³/mol. The minimum atomic E-state index is -1.62. The average molecular weight is 410 g/mol. The lowest BCUT2D eigenvalue weighted by atomic mass is 10.2. The van der Waals surface area contributed by atoms with E-state index in [9.17, 15) is 19.8 Å². The van der Waals surface area contributed by atoms with Gasteiger partial charge in [0.15, 0.2) is 6.23 Å². The third-order valence-electron chi connectivity index (χ3n) is 2.87. The monoisotopic (exact) mass is 408 g/mol. The van der Waals surface area contributed by atoms with E-state index in [1.807, 2.05) is 0 Å². The van der Waals surface area contributed by atoms with Crippen LogP contribution in [0, 0.1) is 0 Å². The van der Waals surface area contributed by atoms with Gasteiger partial charge in [-0.2, -0.15) is 0 Å². The van der Waals surface area contributed by atoms with Crippen LogP contribution in [0.5, 0.6) is 0 Å². The van der Waals surface area contributed by atoms with Crippen molar-refractivity contribution in [1.29, 1.82) is 0 Å². The number of alkyl halides is 3. The van der Waals surface area contributed by atoms with Gasteiger partial charge in [-0.25, -0.2) is 4.79 Å². The first-order valence-corrected chi connectivity index (χ1v) is 9.24. The lowest BCUT2D eigenvalue weighted by Gasteiger charge is -2.22. The lowest BCUT2D eigenvalue weighted by molar-refractivity contribution is -0.0457. The molecule has 1 fully saturated rings. The fourth-order valence-corrected chi connectivity index (χ4v) is 5.00. The van der Waals surface area contributed by atoms with Gasteiger partial charge in [0, 0.05) is 12.3 Å². The molecule has 1 aliphatic rings. The molecule has 1 aromatic rings. The Bertz CT molecular complexity index is 634. The molecular weight excluding hydrogens is 399 g/mol. The quantitative estimate of drug-likeness (QED) is 0.500. The summed E-state index contributed by atoms with van der Waals surface area (Å²) in [5, 5.41) is 18.7. The summed E-state index contributed by atoms with van der Waals surface area (Å²) in [4.78, 5) is 25.1. The Morgan fingerprint density at radius 3 is 2.64 bits per heavy atom. The number of ether oxygens (including phenoxy) is 1. The summed E-state index contributed by atoms with van der Waals surface area (Å²) in [6.07, 6.45) is -1.66. The molecule has 0 bridgehead atoms. The Labute approximate surface area is 147 Å². The number of aliphatic hydroxyl groups excluding tert-OH is 2. The number of aliphatic hydroxyl groups is 2. The summed E-state index contributed by atoms with van der Waals surface area (Å²) in [7, 11) is 1.88. The highest BCUT2D eigenvalue weighted by atomic mass is 35.6. The molecule has 0 saturated carbocycles. The van der Waals surface area contributed by atoms with E-state index < -0.39 is 44.7 Å². The maximum Gasteiger partial charge on any atom is 0.330 e. The number of nitrogens with one attached hydrogen (secondary N) is 1. The first-order valence-electron chi connectivity index (χ1n) is 5.90. The molecule has 1 aromatic heterocycles. The highest BCUT2D eigenvalue weighted by Gasteiger charge is 2.46. The van der Waals surface area contributed by atoms with Crippen LogP contribution in [0.15, 0.2) is 21.9 Å². The van der Waals surface area contributed by atoms with E-state index in [-0.39, 0.29) is 0 Å². The van der Waals surface area contributed by atoms with Gasteiger partial charge in [0.25, 0.3) is 5.56 Å². The zero-order valence-electron chi connectivity index (χ0n) is 10.7. The zero-order chi connectivity index (χ0) is 16.5. The smallest absolute Gasteiger partial charge is 0.330 e. The molecule has 0 spiro atoms. The second-order valence-corrected chi connectivity index (χ2v) is 9.89. The highest BCUT2D eigenvalue weighted by Crippen LogP contribution is 2.51. The van der Waals surface area contributed by atoms with E-state index in [4.69, 9.17) is 39.5 Å². The molecular formula is C10H11Cl3N2O5S2. The van der Waals surface area contributed by atoms with Crippen molar-refractivity contribution in [3.8, 4) is 0 Å². The number of nitrogens with zero attached hydrogens (tertiary/aromatic N) is 1. The fraction of sp³-hybridized carbons (Fsp3) is 0.600. The van der Waals surface area contributed by atoms with Gasteiger partial charge in [-0.15, -0.1) is 0 Å².